The monoisotopic (exact) mass is 268 g/mol. The second-order valence-corrected chi connectivity index (χ2v) is 4.44. The van der Waals surface area contributed by atoms with Crippen LogP contribution in [0.25, 0.3) is 0 Å². The molecule has 1 aliphatic rings. The topological polar surface area (TPSA) is 68.6 Å². The van der Waals surface area contributed by atoms with Gasteiger partial charge in [-0.15, -0.1) is 5.10 Å². The molecule has 1 N–H and O–H groups in total. The second kappa shape index (κ2) is 6.53. The number of hydrogen-bond donors (Lipinski definition) is 1. The molecule has 0 unspecified atom stereocenters. The summed E-state index contributed by atoms with van der Waals surface area (Å²) in [6, 6.07) is 0. The Bertz CT molecular complexity index is 427. The molecule has 0 saturated carbocycles. The minimum Gasteiger partial charge on any atom is -0.479 e. The number of methoxy groups -OCH3 is 1. The van der Waals surface area contributed by atoms with Crippen LogP contribution in [0.3, 0.4) is 0 Å². The van der Waals surface area contributed by atoms with E-state index >= 15 is 0 Å². The first-order valence-corrected chi connectivity index (χ1v) is 6.36. The Balaban J connectivity index is 1.80. The number of amides is 1. The highest BCUT2D eigenvalue weighted by molar-refractivity contribution is 5.96. The van der Waals surface area contributed by atoms with E-state index in [2.05, 4.69) is 15.3 Å². The summed E-state index contributed by atoms with van der Waals surface area (Å²) in [7, 11) is 3.26. The Morgan fingerprint density at radius 3 is 2.95 bits per heavy atom. The van der Waals surface area contributed by atoms with Crippen molar-refractivity contribution in [2.75, 3.05) is 46.5 Å². The van der Waals surface area contributed by atoms with Gasteiger partial charge in [0.1, 0.15) is 5.56 Å². The van der Waals surface area contributed by atoms with Crippen LogP contribution >= 0.6 is 0 Å². The van der Waals surface area contributed by atoms with Crippen molar-refractivity contribution in [1.29, 1.82) is 0 Å². The second-order valence-electron chi connectivity index (χ2n) is 4.44. The van der Waals surface area contributed by atoms with Crippen LogP contribution in [0.1, 0.15) is 10.4 Å². The molecule has 0 spiro atoms. The van der Waals surface area contributed by atoms with Gasteiger partial charge in [-0.25, -0.2) is 0 Å². The standard InChI is InChI=1S/C12H20N4O3/c1-15-9-10(12(14-15)18-2)11(17)13-3-4-16-5-7-19-8-6-16/h9H,3-8H2,1-2H3,(H,13,17). The molecule has 1 saturated heterocycles. The summed E-state index contributed by atoms with van der Waals surface area (Å²) < 4.78 is 11.9. The average Bonchev–Trinajstić information content (AvgIpc) is 2.81. The van der Waals surface area contributed by atoms with E-state index in [9.17, 15) is 4.79 Å². The zero-order chi connectivity index (χ0) is 13.7. The Kier molecular flexibility index (Phi) is 4.75. The molecule has 0 aliphatic carbocycles. The molecule has 1 aromatic heterocycles. The predicted octanol–water partition coefficient (Wildman–Crippen LogP) is -0.509. The molecule has 7 nitrogen and oxygen atoms in total. The quantitative estimate of drug-likeness (QED) is 0.779. The van der Waals surface area contributed by atoms with Gasteiger partial charge in [0.2, 0.25) is 5.88 Å². The van der Waals surface area contributed by atoms with Gasteiger partial charge in [-0.3, -0.25) is 14.4 Å². The molecule has 2 rings (SSSR count). The number of rotatable bonds is 5. The summed E-state index contributed by atoms with van der Waals surface area (Å²) in [5.74, 6) is 0.199. The number of hydrogen-bond acceptors (Lipinski definition) is 5. The van der Waals surface area contributed by atoms with Gasteiger partial charge >= 0.3 is 0 Å². The van der Waals surface area contributed by atoms with E-state index in [1.54, 1.807) is 17.9 Å². The Hall–Kier alpha value is -1.60. The molecule has 0 aromatic carbocycles. The van der Waals surface area contributed by atoms with E-state index in [0.29, 0.717) is 18.0 Å². The summed E-state index contributed by atoms with van der Waals surface area (Å²) in [6.45, 7) is 4.82. The molecule has 7 heteroatoms. The molecular weight excluding hydrogens is 248 g/mol. The molecule has 0 atom stereocenters. The molecule has 0 radical (unpaired) electrons. The summed E-state index contributed by atoms with van der Waals surface area (Å²) in [4.78, 5) is 14.3. The van der Waals surface area contributed by atoms with Crippen LogP contribution in [-0.2, 0) is 11.8 Å². The lowest BCUT2D eigenvalue weighted by molar-refractivity contribution is 0.0383. The van der Waals surface area contributed by atoms with Gasteiger partial charge in [-0.05, 0) is 0 Å². The van der Waals surface area contributed by atoms with Crippen molar-refractivity contribution in [3.05, 3.63) is 11.8 Å². The summed E-state index contributed by atoms with van der Waals surface area (Å²) in [5.41, 5.74) is 0.465. The number of aromatic nitrogens is 2. The number of morpholine rings is 1. The first-order valence-electron chi connectivity index (χ1n) is 6.36. The third-order valence-corrected chi connectivity index (χ3v) is 3.05. The number of nitrogens with zero attached hydrogens (tertiary/aromatic N) is 3. The van der Waals surface area contributed by atoms with E-state index in [4.69, 9.17) is 9.47 Å². The zero-order valence-corrected chi connectivity index (χ0v) is 11.4. The maximum atomic E-state index is 12.0. The van der Waals surface area contributed by atoms with Gasteiger partial charge in [0.25, 0.3) is 5.91 Å². The first-order chi connectivity index (χ1) is 9.20. The molecular formula is C12H20N4O3. The van der Waals surface area contributed by atoms with Gasteiger partial charge in [-0.2, -0.15) is 0 Å². The number of aryl methyl sites for hydroxylation is 1. The van der Waals surface area contributed by atoms with E-state index in [0.717, 1.165) is 32.8 Å². The molecule has 1 aromatic rings. The van der Waals surface area contributed by atoms with Crippen molar-refractivity contribution in [2.24, 2.45) is 7.05 Å². The highest BCUT2D eigenvalue weighted by Crippen LogP contribution is 2.14. The fourth-order valence-corrected chi connectivity index (χ4v) is 2.02. The largest absolute Gasteiger partial charge is 0.479 e. The minimum absolute atomic E-state index is 0.154. The van der Waals surface area contributed by atoms with Crippen molar-refractivity contribution in [2.45, 2.75) is 0 Å². The molecule has 1 fully saturated rings. The van der Waals surface area contributed by atoms with Crippen LogP contribution in [0.2, 0.25) is 0 Å². The predicted molar refractivity (Wildman–Crippen MR) is 69.4 cm³/mol. The average molecular weight is 268 g/mol. The van der Waals surface area contributed by atoms with Crippen molar-refractivity contribution in [1.82, 2.24) is 20.0 Å². The maximum absolute atomic E-state index is 12.0. The SMILES string of the molecule is COc1nn(C)cc1C(=O)NCCN1CCOCC1. The third-order valence-electron chi connectivity index (χ3n) is 3.05. The summed E-state index contributed by atoms with van der Waals surface area (Å²) >= 11 is 0. The van der Waals surface area contributed by atoms with Gasteiger partial charge < -0.3 is 14.8 Å². The lowest BCUT2D eigenvalue weighted by atomic mass is 10.3. The third kappa shape index (κ3) is 3.68. The van der Waals surface area contributed by atoms with Gasteiger partial charge in [0.05, 0.1) is 20.3 Å². The molecule has 106 valence electrons. The van der Waals surface area contributed by atoms with Crippen molar-refractivity contribution < 1.29 is 14.3 Å². The van der Waals surface area contributed by atoms with Crippen LogP contribution < -0.4 is 10.1 Å². The number of ether oxygens (including phenoxy) is 2. The van der Waals surface area contributed by atoms with E-state index in [1.807, 2.05) is 0 Å². The molecule has 0 bridgehead atoms. The smallest absolute Gasteiger partial charge is 0.258 e. The Morgan fingerprint density at radius 1 is 1.53 bits per heavy atom. The Morgan fingerprint density at radius 2 is 2.26 bits per heavy atom. The van der Waals surface area contributed by atoms with Gasteiger partial charge in [0.15, 0.2) is 0 Å². The lowest BCUT2D eigenvalue weighted by Crippen LogP contribution is -2.41. The zero-order valence-electron chi connectivity index (χ0n) is 11.4. The fraction of sp³-hybridized carbons (Fsp3) is 0.667. The number of carbonyl (C=O) groups is 1. The number of nitrogens with one attached hydrogen (secondary N) is 1. The summed E-state index contributed by atoms with van der Waals surface area (Å²) in [6.07, 6.45) is 1.66. The van der Waals surface area contributed by atoms with Gasteiger partial charge in [0, 0.05) is 39.4 Å². The first kappa shape index (κ1) is 13.8. The maximum Gasteiger partial charge on any atom is 0.258 e. The number of carbonyl (C=O) groups excluding carboxylic acids is 1. The summed E-state index contributed by atoms with van der Waals surface area (Å²) in [5, 5.41) is 6.93. The van der Waals surface area contributed by atoms with E-state index in [1.165, 1.54) is 7.11 Å². The fourth-order valence-electron chi connectivity index (χ4n) is 2.02. The molecule has 1 amide bonds. The van der Waals surface area contributed by atoms with E-state index in [-0.39, 0.29) is 5.91 Å². The van der Waals surface area contributed by atoms with Gasteiger partial charge in [-0.1, -0.05) is 0 Å². The van der Waals surface area contributed by atoms with Crippen molar-refractivity contribution in [3.63, 3.8) is 0 Å². The molecule has 2 heterocycles. The molecule has 1 aliphatic heterocycles. The molecule has 19 heavy (non-hydrogen) atoms. The van der Waals surface area contributed by atoms with Crippen LogP contribution in [0, 0.1) is 0 Å². The Labute approximate surface area is 112 Å². The van der Waals surface area contributed by atoms with Crippen LogP contribution in [0.5, 0.6) is 5.88 Å². The highest BCUT2D eigenvalue weighted by Gasteiger charge is 2.16. The van der Waals surface area contributed by atoms with Crippen molar-refractivity contribution in [3.8, 4) is 5.88 Å². The van der Waals surface area contributed by atoms with Crippen molar-refractivity contribution >= 4 is 5.91 Å². The van der Waals surface area contributed by atoms with Crippen LogP contribution in [0.4, 0.5) is 0 Å². The minimum atomic E-state index is -0.154. The highest BCUT2D eigenvalue weighted by atomic mass is 16.5. The van der Waals surface area contributed by atoms with E-state index < -0.39 is 0 Å². The normalized spacial score (nSPS) is 16.3. The van der Waals surface area contributed by atoms with Crippen LogP contribution in [0.15, 0.2) is 6.20 Å². The lowest BCUT2D eigenvalue weighted by Gasteiger charge is -2.26. The van der Waals surface area contributed by atoms with Crippen LogP contribution in [-0.4, -0.2) is 67.1 Å².